The van der Waals surface area contributed by atoms with Crippen molar-refractivity contribution in [2.45, 2.75) is 12.1 Å². The first-order valence-electron chi connectivity index (χ1n) is 4.31. The van der Waals surface area contributed by atoms with Gasteiger partial charge in [0.15, 0.2) is 0 Å². The molecule has 2 aromatic rings. The summed E-state index contributed by atoms with van der Waals surface area (Å²) in [6, 6.07) is 7.53. The van der Waals surface area contributed by atoms with E-state index in [-0.39, 0.29) is 0 Å². The number of H-pyrrole nitrogens is 1. The van der Waals surface area contributed by atoms with E-state index in [2.05, 4.69) is 9.97 Å². The van der Waals surface area contributed by atoms with Gasteiger partial charge in [0.05, 0.1) is 17.6 Å². The maximum absolute atomic E-state index is 11.4. The first-order chi connectivity index (χ1) is 6.81. The van der Waals surface area contributed by atoms with Gasteiger partial charge >= 0.3 is 0 Å². The Morgan fingerprint density at radius 1 is 1.50 bits per heavy atom. The number of fused-ring (bicyclic) bond motifs is 1. The van der Waals surface area contributed by atoms with Crippen LogP contribution in [0.1, 0.15) is 6.92 Å². The van der Waals surface area contributed by atoms with Crippen molar-refractivity contribution < 1.29 is 8.39 Å². The van der Waals surface area contributed by atoms with Gasteiger partial charge in [-0.1, -0.05) is 12.1 Å². The zero-order valence-corrected chi connectivity index (χ0v) is 8.50. The Kier molecular flexibility index (Phi) is 2.60. The Labute approximate surface area is 84.0 Å². The Morgan fingerprint density at radius 3 is 3.00 bits per heavy atom. The molecular weight excluding hydrogens is 200 g/mol. The first kappa shape index (κ1) is 9.36. The number of para-hydroxylation sites is 2. The van der Waals surface area contributed by atoms with Gasteiger partial charge in [-0.15, -0.1) is 0 Å². The SMILES string of the molecule is CCOS(=O)c1nc2ccccc2[nH]1. The fraction of sp³-hybridized carbons (Fsp3) is 0.222. The second kappa shape index (κ2) is 3.89. The maximum atomic E-state index is 11.4. The van der Waals surface area contributed by atoms with Crippen LogP contribution in [0.15, 0.2) is 29.4 Å². The summed E-state index contributed by atoms with van der Waals surface area (Å²) in [5.74, 6) is 0. The standard InChI is InChI=1S/C9H10N2O2S/c1-2-13-14(12)9-10-7-5-3-4-6-8(7)11-9/h3-6H,2H2,1H3,(H,10,11). The molecule has 0 bridgehead atoms. The summed E-state index contributed by atoms with van der Waals surface area (Å²) in [5.41, 5.74) is 1.67. The lowest BCUT2D eigenvalue weighted by Crippen LogP contribution is -1.98. The van der Waals surface area contributed by atoms with Gasteiger partial charge in [0, 0.05) is 0 Å². The molecule has 1 aromatic carbocycles. The molecule has 0 radical (unpaired) electrons. The highest BCUT2D eigenvalue weighted by molar-refractivity contribution is 7.80. The number of nitrogens with one attached hydrogen (secondary N) is 1. The van der Waals surface area contributed by atoms with Crippen LogP contribution < -0.4 is 0 Å². The summed E-state index contributed by atoms with van der Waals surface area (Å²) < 4.78 is 16.3. The molecular formula is C9H10N2O2S. The summed E-state index contributed by atoms with van der Waals surface area (Å²) in [7, 11) is 0. The molecule has 1 heterocycles. The van der Waals surface area contributed by atoms with Crippen molar-refractivity contribution in [3.63, 3.8) is 0 Å². The molecule has 0 aliphatic carbocycles. The molecule has 0 fully saturated rings. The smallest absolute Gasteiger partial charge is 0.226 e. The Hall–Kier alpha value is -1.20. The van der Waals surface area contributed by atoms with Crippen LogP contribution in [-0.2, 0) is 15.3 Å². The number of hydrogen-bond acceptors (Lipinski definition) is 3. The predicted octanol–water partition coefficient (Wildman–Crippen LogP) is 1.62. The predicted molar refractivity (Wildman–Crippen MR) is 54.1 cm³/mol. The van der Waals surface area contributed by atoms with Gasteiger partial charge in [0.1, 0.15) is 0 Å². The van der Waals surface area contributed by atoms with Crippen molar-refractivity contribution in [3.8, 4) is 0 Å². The molecule has 5 heteroatoms. The summed E-state index contributed by atoms with van der Waals surface area (Å²) >= 11 is -1.48. The molecule has 1 N–H and O–H groups in total. The number of benzene rings is 1. The van der Waals surface area contributed by atoms with E-state index in [1.807, 2.05) is 24.3 Å². The summed E-state index contributed by atoms with van der Waals surface area (Å²) in [5, 5.41) is 0.369. The molecule has 0 aliphatic heterocycles. The van der Waals surface area contributed by atoms with Gasteiger partial charge in [-0.2, -0.15) is 0 Å². The fourth-order valence-corrected chi connectivity index (χ4v) is 1.86. The summed E-state index contributed by atoms with van der Waals surface area (Å²) in [6.45, 7) is 2.20. The molecule has 1 atom stereocenters. The van der Waals surface area contributed by atoms with E-state index in [9.17, 15) is 4.21 Å². The molecule has 1 aromatic heterocycles. The van der Waals surface area contributed by atoms with Crippen LogP contribution in [0, 0.1) is 0 Å². The molecule has 2 rings (SSSR count). The van der Waals surface area contributed by atoms with E-state index in [4.69, 9.17) is 4.18 Å². The lowest BCUT2D eigenvalue weighted by Gasteiger charge is -1.93. The van der Waals surface area contributed by atoms with Gasteiger partial charge in [-0.05, 0) is 19.1 Å². The molecule has 0 saturated heterocycles. The highest BCUT2D eigenvalue weighted by Gasteiger charge is 2.08. The number of rotatable bonds is 3. The van der Waals surface area contributed by atoms with Crippen LogP contribution in [-0.4, -0.2) is 20.8 Å². The quantitative estimate of drug-likeness (QED) is 0.837. The topological polar surface area (TPSA) is 55.0 Å². The second-order valence-corrected chi connectivity index (χ2v) is 3.79. The van der Waals surface area contributed by atoms with E-state index in [1.165, 1.54) is 0 Å². The minimum atomic E-state index is -1.48. The van der Waals surface area contributed by atoms with Crippen LogP contribution in [0.2, 0.25) is 0 Å². The summed E-state index contributed by atoms with van der Waals surface area (Å²) in [6.07, 6.45) is 0. The van der Waals surface area contributed by atoms with Crippen molar-refractivity contribution in [1.82, 2.24) is 9.97 Å². The average molecular weight is 210 g/mol. The van der Waals surface area contributed by atoms with E-state index >= 15 is 0 Å². The van der Waals surface area contributed by atoms with Gasteiger partial charge in [-0.3, -0.25) is 4.18 Å². The number of hydrogen-bond donors (Lipinski definition) is 1. The normalized spacial score (nSPS) is 13.2. The van der Waals surface area contributed by atoms with E-state index in [1.54, 1.807) is 6.92 Å². The number of imidazole rings is 1. The monoisotopic (exact) mass is 210 g/mol. The Bertz CT molecular complexity index is 434. The molecule has 0 aliphatic rings. The molecule has 4 nitrogen and oxygen atoms in total. The van der Waals surface area contributed by atoms with Crippen molar-refractivity contribution in [2.24, 2.45) is 0 Å². The highest BCUT2D eigenvalue weighted by Crippen LogP contribution is 2.12. The molecule has 0 spiro atoms. The minimum Gasteiger partial charge on any atom is -0.329 e. The third-order valence-electron chi connectivity index (χ3n) is 1.75. The van der Waals surface area contributed by atoms with Crippen molar-refractivity contribution in [1.29, 1.82) is 0 Å². The van der Waals surface area contributed by atoms with Crippen LogP contribution in [0.5, 0.6) is 0 Å². The van der Waals surface area contributed by atoms with Crippen molar-refractivity contribution >= 4 is 22.1 Å². The second-order valence-electron chi connectivity index (χ2n) is 2.70. The number of aromatic amines is 1. The largest absolute Gasteiger partial charge is 0.329 e. The van der Waals surface area contributed by atoms with Crippen LogP contribution in [0.3, 0.4) is 0 Å². The van der Waals surface area contributed by atoms with E-state index in [0.717, 1.165) is 11.0 Å². The lowest BCUT2D eigenvalue weighted by molar-refractivity contribution is 0.369. The zero-order chi connectivity index (χ0) is 9.97. The van der Waals surface area contributed by atoms with Gasteiger partial charge < -0.3 is 4.98 Å². The maximum Gasteiger partial charge on any atom is 0.226 e. The third-order valence-corrected chi connectivity index (χ3v) is 2.71. The fourth-order valence-electron chi connectivity index (χ4n) is 1.17. The Morgan fingerprint density at radius 2 is 2.29 bits per heavy atom. The number of aromatic nitrogens is 2. The zero-order valence-electron chi connectivity index (χ0n) is 7.69. The first-order valence-corrected chi connectivity index (χ1v) is 5.38. The molecule has 1 unspecified atom stereocenters. The Balaban J connectivity index is 2.40. The van der Waals surface area contributed by atoms with Crippen LogP contribution in [0.4, 0.5) is 0 Å². The average Bonchev–Trinajstić information content (AvgIpc) is 2.61. The van der Waals surface area contributed by atoms with Gasteiger partial charge in [-0.25, -0.2) is 9.19 Å². The van der Waals surface area contributed by atoms with E-state index < -0.39 is 11.1 Å². The van der Waals surface area contributed by atoms with Crippen LogP contribution >= 0.6 is 0 Å². The van der Waals surface area contributed by atoms with Crippen molar-refractivity contribution in [2.75, 3.05) is 6.61 Å². The summed E-state index contributed by atoms with van der Waals surface area (Å²) in [4.78, 5) is 7.09. The van der Waals surface area contributed by atoms with Crippen LogP contribution in [0.25, 0.3) is 11.0 Å². The molecule has 0 saturated carbocycles. The third kappa shape index (κ3) is 1.69. The molecule has 0 amide bonds. The molecule has 74 valence electrons. The lowest BCUT2D eigenvalue weighted by atomic mass is 10.3. The van der Waals surface area contributed by atoms with E-state index in [0.29, 0.717) is 11.8 Å². The highest BCUT2D eigenvalue weighted by atomic mass is 32.2. The number of nitrogens with zero attached hydrogens (tertiary/aromatic N) is 1. The van der Waals surface area contributed by atoms with Gasteiger partial charge in [0.2, 0.25) is 16.2 Å². The molecule has 14 heavy (non-hydrogen) atoms. The van der Waals surface area contributed by atoms with Crippen molar-refractivity contribution in [3.05, 3.63) is 24.3 Å². The minimum absolute atomic E-state index is 0.369. The van der Waals surface area contributed by atoms with Gasteiger partial charge in [0.25, 0.3) is 0 Å².